The van der Waals surface area contributed by atoms with Crippen LogP contribution in [0.15, 0.2) is 97.1 Å². The van der Waals surface area contributed by atoms with Crippen molar-refractivity contribution in [2.45, 2.75) is 0 Å². The minimum absolute atomic E-state index is 0.821. The minimum atomic E-state index is 0.821. The van der Waals surface area contributed by atoms with Crippen molar-refractivity contribution in [3.8, 4) is 11.5 Å². The van der Waals surface area contributed by atoms with Crippen LogP contribution in [0.25, 0.3) is 24.3 Å². The third-order valence-corrected chi connectivity index (χ3v) is 5.75. The van der Waals surface area contributed by atoms with Crippen LogP contribution in [0.2, 0.25) is 0 Å². The lowest BCUT2D eigenvalue weighted by Gasteiger charge is -2.11. The fraction of sp³-hybridized carbons (Fsp3) is 0.125. The third-order valence-electron chi connectivity index (χ3n) is 5.75. The molecular formula is C32H32N2O. The molecule has 4 aromatic rings. The van der Waals surface area contributed by atoms with E-state index in [1.165, 1.54) is 22.5 Å². The largest absolute Gasteiger partial charge is 0.457 e. The summed E-state index contributed by atoms with van der Waals surface area (Å²) in [4.78, 5) is 4.20. The lowest BCUT2D eigenvalue weighted by atomic mass is 10.1. The lowest BCUT2D eigenvalue weighted by Crippen LogP contribution is -2.07. The predicted octanol–water partition coefficient (Wildman–Crippen LogP) is 7.95. The van der Waals surface area contributed by atoms with Gasteiger partial charge in [0, 0.05) is 39.6 Å². The van der Waals surface area contributed by atoms with Crippen LogP contribution in [0.1, 0.15) is 22.3 Å². The van der Waals surface area contributed by atoms with Gasteiger partial charge < -0.3 is 14.5 Å². The highest BCUT2D eigenvalue weighted by Gasteiger charge is 1.99. The Morgan fingerprint density at radius 1 is 0.400 bits per heavy atom. The highest BCUT2D eigenvalue weighted by atomic mass is 16.5. The van der Waals surface area contributed by atoms with Gasteiger partial charge in [-0.15, -0.1) is 0 Å². The molecule has 0 bridgehead atoms. The number of nitrogens with zero attached hydrogens (tertiary/aromatic N) is 2. The van der Waals surface area contributed by atoms with Crippen molar-refractivity contribution in [3.05, 3.63) is 119 Å². The number of benzene rings is 4. The molecule has 0 amide bonds. The first kappa shape index (κ1) is 23.9. The van der Waals surface area contributed by atoms with Gasteiger partial charge in [-0.2, -0.15) is 0 Å². The predicted molar refractivity (Wildman–Crippen MR) is 152 cm³/mol. The van der Waals surface area contributed by atoms with Crippen LogP contribution in [0.5, 0.6) is 11.5 Å². The molecular weight excluding hydrogens is 428 g/mol. The van der Waals surface area contributed by atoms with E-state index in [0.717, 1.165) is 22.6 Å². The first-order chi connectivity index (χ1) is 17.0. The molecule has 0 heterocycles. The number of hydrogen-bond acceptors (Lipinski definition) is 3. The van der Waals surface area contributed by atoms with Gasteiger partial charge in [-0.25, -0.2) is 0 Å². The standard InChI is InChI=1S/C32H32N2O/c1-33(2)29-17-9-25(10-18-29)5-7-27-13-21-31(22-14-27)35-32-23-15-28(16-24-32)8-6-26-11-19-30(20-12-26)34(3)4/h5-24H,1-4H3/b7-5+,8-6+. The van der Waals surface area contributed by atoms with E-state index in [9.17, 15) is 0 Å². The molecule has 4 rings (SSSR count). The average Bonchev–Trinajstić information content (AvgIpc) is 2.88. The van der Waals surface area contributed by atoms with E-state index in [1.807, 2.05) is 52.5 Å². The van der Waals surface area contributed by atoms with Crippen LogP contribution in [-0.2, 0) is 0 Å². The van der Waals surface area contributed by atoms with Crippen molar-refractivity contribution >= 4 is 35.7 Å². The number of rotatable bonds is 8. The van der Waals surface area contributed by atoms with Crippen molar-refractivity contribution < 1.29 is 4.74 Å². The summed E-state index contributed by atoms with van der Waals surface area (Å²) in [6, 6.07) is 33.3. The van der Waals surface area contributed by atoms with Crippen LogP contribution in [0.4, 0.5) is 11.4 Å². The Bertz CT molecular complexity index is 1160. The Kier molecular flexibility index (Phi) is 7.69. The summed E-state index contributed by atoms with van der Waals surface area (Å²) in [7, 11) is 8.19. The molecule has 0 unspecified atom stereocenters. The van der Waals surface area contributed by atoms with Gasteiger partial charge in [-0.05, 0) is 70.8 Å². The normalized spacial score (nSPS) is 11.2. The number of anilines is 2. The van der Waals surface area contributed by atoms with Crippen molar-refractivity contribution in [2.24, 2.45) is 0 Å². The van der Waals surface area contributed by atoms with Gasteiger partial charge in [-0.1, -0.05) is 72.8 Å². The molecule has 35 heavy (non-hydrogen) atoms. The van der Waals surface area contributed by atoms with Crippen molar-refractivity contribution in [1.82, 2.24) is 0 Å². The smallest absolute Gasteiger partial charge is 0.127 e. The fourth-order valence-electron chi connectivity index (χ4n) is 3.58. The van der Waals surface area contributed by atoms with Gasteiger partial charge in [0.2, 0.25) is 0 Å². The van der Waals surface area contributed by atoms with Gasteiger partial charge in [0.1, 0.15) is 11.5 Å². The third kappa shape index (κ3) is 6.87. The maximum absolute atomic E-state index is 6.03. The molecule has 3 nitrogen and oxygen atoms in total. The average molecular weight is 461 g/mol. The van der Waals surface area contributed by atoms with E-state index in [0.29, 0.717) is 0 Å². The van der Waals surface area contributed by atoms with Gasteiger partial charge >= 0.3 is 0 Å². The van der Waals surface area contributed by atoms with Crippen LogP contribution >= 0.6 is 0 Å². The van der Waals surface area contributed by atoms with Gasteiger partial charge in [0.25, 0.3) is 0 Å². The summed E-state index contributed by atoms with van der Waals surface area (Å²) >= 11 is 0. The Balaban J connectivity index is 1.33. The zero-order valence-corrected chi connectivity index (χ0v) is 20.8. The van der Waals surface area contributed by atoms with E-state index in [1.54, 1.807) is 0 Å². The molecule has 0 atom stereocenters. The van der Waals surface area contributed by atoms with Gasteiger partial charge in [0.15, 0.2) is 0 Å². The zero-order chi connectivity index (χ0) is 24.6. The summed E-state index contributed by atoms with van der Waals surface area (Å²) in [5.74, 6) is 1.64. The van der Waals surface area contributed by atoms with Crippen LogP contribution in [0.3, 0.4) is 0 Å². The fourth-order valence-corrected chi connectivity index (χ4v) is 3.58. The Labute approximate surface area is 209 Å². The van der Waals surface area contributed by atoms with Crippen LogP contribution in [-0.4, -0.2) is 28.2 Å². The first-order valence-corrected chi connectivity index (χ1v) is 11.8. The molecule has 176 valence electrons. The Morgan fingerprint density at radius 2 is 0.657 bits per heavy atom. The summed E-state index contributed by atoms with van der Waals surface area (Å²) in [5.41, 5.74) is 7.01. The molecule has 0 saturated carbocycles. The topological polar surface area (TPSA) is 15.7 Å². The Morgan fingerprint density at radius 3 is 0.914 bits per heavy atom. The summed E-state index contributed by atoms with van der Waals surface area (Å²) in [6.07, 6.45) is 8.48. The maximum Gasteiger partial charge on any atom is 0.127 e. The number of ether oxygens (including phenoxy) is 1. The molecule has 0 N–H and O–H groups in total. The quantitative estimate of drug-likeness (QED) is 0.248. The summed E-state index contributed by atoms with van der Waals surface area (Å²) in [6.45, 7) is 0. The maximum atomic E-state index is 6.03. The monoisotopic (exact) mass is 460 g/mol. The molecule has 0 aliphatic carbocycles. The van der Waals surface area contributed by atoms with E-state index in [-0.39, 0.29) is 0 Å². The SMILES string of the molecule is CN(C)c1ccc(/C=C/c2ccc(Oc3ccc(/C=C/c4ccc(N(C)C)cc4)cc3)cc2)cc1. The summed E-state index contributed by atoms with van der Waals surface area (Å²) in [5, 5.41) is 0. The minimum Gasteiger partial charge on any atom is -0.457 e. The zero-order valence-electron chi connectivity index (χ0n) is 20.8. The second-order valence-electron chi connectivity index (χ2n) is 8.88. The van der Waals surface area contributed by atoms with E-state index in [2.05, 4.69) is 107 Å². The molecule has 0 fully saturated rings. The molecule has 0 aliphatic rings. The molecule has 0 spiro atoms. The van der Waals surface area contributed by atoms with Crippen LogP contribution < -0.4 is 14.5 Å². The van der Waals surface area contributed by atoms with Crippen molar-refractivity contribution in [2.75, 3.05) is 38.0 Å². The van der Waals surface area contributed by atoms with Crippen molar-refractivity contribution in [3.63, 3.8) is 0 Å². The molecule has 0 aromatic heterocycles. The number of hydrogen-bond donors (Lipinski definition) is 0. The molecule has 0 radical (unpaired) electrons. The van der Waals surface area contributed by atoms with E-state index in [4.69, 9.17) is 4.74 Å². The highest BCUT2D eigenvalue weighted by molar-refractivity contribution is 5.72. The van der Waals surface area contributed by atoms with Gasteiger partial charge in [0.05, 0.1) is 0 Å². The highest BCUT2D eigenvalue weighted by Crippen LogP contribution is 2.24. The van der Waals surface area contributed by atoms with Gasteiger partial charge in [-0.3, -0.25) is 0 Å². The van der Waals surface area contributed by atoms with Crippen LogP contribution in [0, 0.1) is 0 Å². The first-order valence-electron chi connectivity index (χ1n) is 11.8. The molecule has 0 saturated heterocycles. The van der Waals surface area contributed by atoms with Crippen molar-refractivity contribution in [1.29, 1.82) is 0 Å². The summed E-state index contributed by atoms with van der Waals surface area (Å²) < 4.78 is 6.03. The molecule has 4 aromatic carbocycles. The second kappa shape index (κ2) is 11.3. The lowest BCUT2D eigenvalue weighted by molar-refractivity contribution is 0.482. The Hall–Kier alpha value is -4.24. The molecule has 0 aliphatic heterocycles. The molecule has 3 heteroatoms. The van der Waals surface area contributed by atoms with E-state index >= 15 is 0 Å². The second-order valence-corrected chi connectivity index (χ2v) is 8.88. The van der Waals surface area contributed by atoms with E-state index < -0.39 is 0 Å².